The molecular weight excluding hydrogens is 266 g/mol. The zero-order valence-electron chi connectivity index (χ0n) is 14.0. The van der Waals surface area contributed by atoms with Crippen molar-refractivity contribution >= 4 is 0 Å². The van der Waals surface area contributed by atoms with E-state index in [2.05, 4.69) is 79.8 Å². The normalized spacial score (nSPS) is 12.5. The van der Waals surface area contributed by atoms with Gasteiger partial charge in [-0.15, -0.1) is 0 Å². The Morgan fingerprint density at radius 1 is 0.818 bits per heavy atom. The summed E-state index contributed by atoms with van der Waals surface area (Å²) in [6, 6.07) is 21.8. The minimum atomic E-state index is 0.290. The third-order valence-corrected chi connectivity index (χ3v) is 4.42. The van der Waals surface area contributed by atoms with E-state index in [9.17, 15) is 0 Å². The molecule has 118 valence electrons. The van der Waals surface area contributed by atoms with Crippen LogP contribution in [0.25, 0.3) is 0 Å². The summed E-state index contributed by atoms with van der Waals surface area (Å²) in [6.07, 6.45) is 5.21. The van der Waals surface area contributed by atoms with Gasteiger partial charge >= 0.3 is 0 Å². The number of hydrogen-bond donors (Lipinski definition) is 1. The molecule has 1 atom stereocenters. The van der Waals surface area contributed by atoms with E-state index < -0.39 is 0 Å². The lowest BCUT2D eigenvalue weighted by Gasteiger charge is -2.23. The quantitative estimate of drug-likeness (QED) is 0.636. The summed E-state index contributed by atoms with van der Waals surface area (Å²) < 4.78 is 0. The average Bonchev–Trinajstić information content (AvgIpc) is 2.59. The van der Waals surface area contributed by atoms with Crippen LogP contribution in [0.15, 0.2) is 60.7 Å². The van der Waals surface area contributed by atoms with E-state index in [0.29, 0.717) is 0 Å². The van der Waals surface area contributed by atoms with Gasteiger partial charge in [-0.1, -0.05) is 93.8 Å². The first kappa shape index (κ1) is 16.8. The van der Waals surface area contributed by atoms with E-state index in [1.165, 1.54) is 36.8 Å². The van der Waals surface area contributed by atoms with Crippen molar-refractivity contribution in [3.63, 3.8) is 0 Å². The SMILES string of the molecule is CCCCC(CC)CNC(c1ccccc1)c1ccccc1. The van der Waals surface area contributed by atoms with Crippen molar-refractivity contribution in [3.05, 3.63) is 71.8 Å². The molecule has 0 aliphatic rings. The van der Waals surface area contributed by atoms with E-state index in [-0.39, 0.29) is 6.04 Å². The molecule has 1 nitrogen and oxygen atoms in total. The maximum atomic E-state index is 3.81. The van der Waals surface area contributed by atoms with E-state index in [1.807, 2.05) is 0 Å². The van der Waals surface area contributed by atoms with E-state index in [0.717, 1.165) is 12.5 Å². The molecule has 1 unspecified atom stereocenters. The van der Waals surface area contributed by atoms with Crippen molar-refractivity contribution < 1.29 is 0 Å². The van der Waals surface area contributed by atoms with Gasteiger partial charge in [0.2, 0.25) is 0 Å². The molecule has 0 aliphatic heterocycles. The molecular formula is C21H29N. The largest absolute Gasteiger partial charge is 0.306 e. The summed E-state index contributed by atoms with van der Waals surface area (Å²) >= 11 is 0. The van der Waals surface area contributed by atoms with Crippen LogP contribution in [0.3, 0.4) is 0 Å². The fraction of sp³-hybridized carbons (Fsp3) is 0.429. The van der Waals surface area contributed by atoms with Crippen molar-refractivity contribution in [3.8, 4) is 0 Å². The lowest BCUT2D eigenvalue weighted by atomic mass is 9.95. The first-order valence-electron chi connectivity index (χ1n) is 8.68. The summed E-state index contributed by atoms with van der Waals surface area (Å²) in [5.41, 5.74) is 2.69. The molecule has 0 saturated carbocycles. The van der Waals surface area contributed by atoms with Crippen molar-refractivity contribution in [1.29, 1.82) is 0 Å². The van der Waals surface area contributed by atoms with Crippen molar-refractivity contribution in [1.82, 2.24) is 5.32 Å². The van der Waals surface area contributed by atoms with Crippen LogP contribution in [0.2, 0.25) is 0 Å². The Kier molecular flexibility index (Phi) is 7.18. The average molecular weight is 295 g/mol. The maximum Gasteiger partial charge on any atom is 0.0576 e. The lowest BCUT2D eigenvalue weighted by Crippen LogP contribution is -2.28. The summed E-state index contributed by atoms with van der Waals surface area (Å²) in [4.78, 5) is 0. The molecule has 0 heterocycles. The Morgan fingerprint density at radius 2 is 1.36 bits per heavy atom. The van der Waals surface area contributed by atoms with Gasteiger partial charge in [0.25, 0.3) is 0 Å². The molecule has 0 saturated heterocycles. The first-order valence-corrected chi connectivity index (χ1v) is 8.68. The highest BCUT2D eigenvalue weighted by molar-refractivity contribution is 5.31. The van der Waals surface area contributed by atoms with Crippen LogP contribution in [0, 0.1) is 5.92 Å². The molecule has 0 spiro atoms. The van der Waals surface area contributed by atoms with Gasteiger partial charge in [0.15, 0.2) is 0 Å². The zero-order chi connectivity index (χ0) is 15.6. The Balaban J connectivity index is 2.09. The second-order valence-electron chi connectivity index (χ2n) is 6.08. The monoisotopic (exact) mass is 295 g/mol. The minimum Gasteiger partial charge on any atom is -0.306 e. The van der Waals surface area contributed by atoms with Crippen molar-refractivity contribution in [2.24, 2.45) is 5.92 Å². The van der Waals surface area contributed by atoms with Gasteiger partial charge in [-0.25, -0.2) is 0 Å². The van der Waals surface area contributed by atoms with E-state index in [4.69, 9.17) is 0 Å². The van der Waals surface area contributed by atoms with Crippen LogP contribution >= 0.6 is 0 Å². The Bertz CT molecular complexity index is 466. The summed E-state index contributed by atoms with van der Waals surface area (Å²) in [5.74, 6) is 0.773. The Labute approximate surface area is 135 Å². The Hall–Kier alpha value is -1.60. The van der Waals surface area contributed by atoms with Gasteiger partial charge in [-0.05, 0) is 30.0 Å². The molecule has 1 N–H and O–H groups in total. The predicted octanol–water partition coefficient (Wildman–Crippen LogP) is 5.58. The highest BCUT2D eigenvalue weighted by Crippen LogP contribution is 2.23. The second kappa shape index (κ2) is 9.42. The van der Waals surface area contributed by atoms with Gasteiger partial charge in [0.1, 0.15) is 0 Å². The van der Waals surface area contributed by atoms with Crippen LogP contribution < -0.4 is 5.32 Å². The summed E-state index contributed by atoms with van der Waals surface area (Å²) in [6.45, 7) is 5.67. The van der Waals surface area contributed by atoms with Crippen LogP contribution in [0.1, 0.15) is 56.7 Å². The molecule has 2 aromatic rings. The summed E-state index contributed by atoms with van der Waals surface area (Å²) in [5, 5.41) is 3.81. The second-order valence-corrected chi connectivity index (χ2v) is 6.08. The summed E-state index contributed by atoms with van der Waals surface area (Å²) in [7, 11) is 0. The predicted molar refractivity (Wildman–Crippen MR) is 96.0 cm³/mol. The molecule has 1 heteroatoms. The van der Waals surface area contributed by atoms with Crippen LogP contribution in [-0.4, -0.2) is 6.54 Å². The minimum absolute atomic E-state index is 0.290. The van der Waals surface area contributed by atoms with E-state index in [1.54, 1.807) is 0 Å². The molecule has 2 aromatic carbocycles. The third kappa shape index (κ3) is 4.99. The fourth-order valence-electron chi connectivity index (χ4n) is 2.95. The molecule has 0 amide bonds. The number of rotatable bonds is 9. The van der Waals surface area contributed by atoms with Crippen LogP contribution in [0.5, 0.6) is 0 Å². The molecule has 0 bridgehead atoms. The standard InChI is InChI=1S/C21H29N/c1-3-5-12-18(4-2)17-22-21(19-13-8-6-9-14-19)20-15-10-7-11-16-20/h6-11,13-16,18,21-22H,3-5,12,17H2,1-2H3. The van der Waals surface area contributed by atoms with E-state index >= 15 is 0 Å². The van der Waals surface area contributed by atoms with Crippen LogP contribution in [-0.2, 0) is 0 Å². The molecule has 0 radical (unpaired) electrons. The topological polar surface area (TPSA) is 12.0 Å². The number of benzene rings is 2. The molecule has 0 aliphatic carbocycles. The van der Waals surface area contributed by atoms with Gasteiger partial charge in [-0.3, -0.25) is 0 Å². The van der Waals surface area contributed by atoms with Gasteiger partial charge in [0.05, 0.1) is 6.04 Å². The van der Waals surface area contributed by atoms with Crippen LogP contribution in [0.4, 0.5) is 0 Å². The highest BCUT2D eigenvalue weighted by Gasteiger charge is 2.15. The van der Waals surface area contributed by atoms with Gasteiger partial charge in [-0.2, -0.15) is 0 Å². The molecule has 2 rings (SSSR count). The van der Waals surface area contributed by atoms with Gasteiger partial charge in [0, 0.05) is 0 Å². The number of nitrogens with one attached hydrogen (secondary N) is 1. The highest BCUT2D eigenvalue weighted by atomic mass is 14.9. The van der Waals surface area contributed by atoms with Crippen molar-refractivity contribution in [2.45, 2.75) is 45.6 Å². The zero-order valence-corrected chi connectivity index (χ0v) is 14.0. The maximum absolute atomic E-state index is 3.81. The lowest BCUT2D eigenvalue weighted by molar-refractivity contribution is 0.405. The molecule has 0 aromatic heterocycles. The number of hydrogen-bond acceptors (Lipinski definition) is 1. The smallest absolute Gasteiger partial charge is 0.0576 e. The third-order valence-electron chi connectivity index (χ3n) is 4.42. The molecule has 22 heavy (non-hydrogen) atoms. The Morgan fingerprint density at radius 3 is 1.82 bits per heavy atom. The first-order chi connectivity index (χ1) is 10.8. The fourth-order valence-corrected chi connectivity index (χ4v) is 2.95. The van der Waals surface area contributed by atoms with Gasteiger partial charge < -0.3 is 5.32 Å². The number of unbranched alkanes of at least 4 members (excludes halogenated alkanes) is 1. The molecule has 0 fully saturated rings. The van der Waals surface area contributed by atoms with Crippen molar-refractivity contribution in [2.75, 3.05) is 6.54 Å².